The highest BCUT2D eigenvalue weighted by Crippen LogP contribution is 2.25. The zero-order valence-corrected chi connectivity index (χ0v) is 13.8. The number of carbonyl (C=O) groups excluding carboxylic acids is 1. The number of benzene rings is 1. The predicted molar refractivity (Wildman–Crippen MR) is 88.5 cm³/mol. The third-order valence-electron chi connectivity index (χ3n) is 4.28. The summed E-state index contributed by atoms with van der Waals surface area (Å²) in [5.41, 5.74) is 0.655. The Labute approximate surface area is 136 Å². The fourth-order valence-corrected chi connectivity index (χ4v) is 4.75. The number of carbonyl (C=O) groups is 1. The Morgan fingerprint density at radius 2 is 1.78 bits per heavy atom. The van der Waals surface area contributed by atoms with Crippen molar-refractivity contribution in [3.8, 4) is 5.75 Å². The molecule has 2 amide bonds. The van der Waals surface area contributed by atoms with E-state index in [-0.39, 0.29) is 23.6 Å². The summed E-state index contributed by atoms with van der Waals surface area (Å²) in [7, 11) is -2.99. The first-order valence-electron chi connectivity index (χ1n) is 8.05. The molecule has 1 aliphatic carbocycles. The van der Waals surface area contributed by atoms with Crippen LogP contribution in [0.25, 0.3) is 0 Å². The Morgan fingerprint density at radius 1 is 1.09 bits per heavy atom. The maximum Gasteiger partial charge on any atom is 0.319 e. The maximum absolute atomic E-state index is 11.9. The molecule has 0 radical (unpaired) electrons. The van der Waals surface area contributed by atoms with Gasteiger partial charge in [-0.15, -0.1) is 0 Å². The summed E-state index contributed by atoms with van der Waals surface area (Å²) in [6, 6.07) is 6.58. The molecule has 1 aliphatic heterocycles. The average Bonchev–Trinajstić information content (AvgIpc) is 3.11. The minimum atomic E-state index is -2.99. The quantitative estimate of drug-likeness (QED) is 0.882. The van der Waals surface area contributed by atoms with Crippen LogP contribution in [-0.4, -0.2) is 38.1 Å². The van der Waals surface area contributed by atoms with E-state index >= 15 is 0 Å². The topological polar surface area (TPSA) is 84.5 Å². The number of sulfone groups is 1. The molecule has 1 heterocycles. The molecule has 0 spiro atoms. The van der Waals surface area contributed by atoms with E-state index in [1.54, 1.807) is 12.1 Å². The first kappa shape index (κ1) is 16.1. The summed E-state index contributed by atoms with van der Waals surface area (Å²) in [6.07, 6.45) is 5.44. The van der Waals surface area contributed by atoms with Crippen molar-refractivity contribution in [3.05, 3.63) is 24.3 Å². The van der Waals surface area contributed by atoms with Crippen LogP contribution in [0.3, 0.4) is 0 Å². The Kier molecular flexibility index (Phi) is 4.75. The van der Waals surface area contributed by atoms with Crippen molar-refractivity contribution in [2.24, 2.45) is 0 Å². The monoisotopic (exact) mass is 338 g/mol. The molecule has 0 bridgehead atoms. The lowest BCUT2D eigenvalue weighted by Gasteiger charge is -2.14. The molecule has 6 nitrogen and oxygen atoms in total. The second-order valence-electron chi connectivity index (χ2n) is 6.25. The minimum absolute atomic E-state index is 0.0224. The molecule has 7 heteroatoms. The lowest BCUT2D eigenvalue weighted by Crippen LogP contribution is -2.38. The van der Waals surface area contributed by atoms with Crippen LogP contribution >= 0.6 is 0 Å². The number of ether oxygens (including phenoxy) is 1. The van der Waals surface area contributed by atoms with Crippen molar-refractivity contribution in [2.45, 2.75) is 44.2 Å². The van der Waals surface area contributed by atoms with Crippen LogP contribution in [0.15, 0.2) is 24.3 Å². The van der Waals surface area contributed by atoms with Crippen molar-refractivity contribution >= 4 is 21.6 Å². The van der Waals surface area contributed by atoms with E-state index < -0.39 is 9.84 Å². The Hall–Kier alpha value is -1.76. The summed E-state index contributed by atoms with van der Waals surface area (Å²) in [5.74, 6) is 0.976. The average molecular weight is 338 g/mol. The highest BCUT2D eigenvalue weighted by Gasteiger charge is 2.28. The van der Waals surface area contributed by atoms with Crippen LogP contribution in [0.2, 0.25) is 0 Å². The second kappa shape index (κ2) is 6.78. The van der Waals surface area contributed by atoms with Gasteiger partial charge in [-0.3, -0.25) is 0 Å². The van der Waals surface area contributed by atoms with Gasteiger partial charge in [0.1, 0.15) is 5.75 Å². The van der Waals surface area contributed by atoms with Gasteiger partial charge in [0.25, 0.3) is 0 Å². The summed E-state index contributed by atoms with van der Waals surface area (Å²) in [4.78, 5) is 11.9. The highest BCUT2D eigenvalue weighted by atomic mass is 32.2. The number of amides is 2. The standard InChI is InChI=1S/C16H22N2O4S/c19-16(18-13-9-10-23(20,21)11-13)17-12-5-7-15(8-6-12)22-14-3-1-2-4-14/h5-8,13-14H,1-4,9-11H2,(H2,17,18,19)/t13-/m1/s1. The molecular formula is C16H22N2O4S. The number of rotatable bonds is 4. The Bertz CT molecular complexity index is 651. The van der Waals surface area contributed by atoms with E-state index in [1.165, 1.54) is 12.8 Å². The van der Waals surface area contributed by atoms with Crippen molar-refractivity contribution in [1.82, 2.24) is 5.32 Å². The third-order valence-corrected chi connectivity index (χ3v) is 6.05. The van der Waals surface area contributed by atoms with E-state index in [2.05, 4.69) is 10.6 Å². The minimum Gasteiger partial charge on any atom is -0.490 e. The smallest absolute Gasteiger partial charge is 0.319 e. The van der Waals surface area contributed by atoms with Gasteiger partial charge in [0.2, 0.25) is 0 Å². The largest absolute Gasteiger partial charge is 0.490 e. The van der Waals surface area contributed by atoms with Crippen LogP contribution < -0.4 is 15.4 Å². The number of hydrogen-bond donors (Lipinski definition) is 2. The highest BCUT2D eigenvalue weighted by molar-refractivity contribution is 7.91. The Morgan fingerprint density at radius 3 is 2.39 bits per heavy atom. The van der Waals surface area contributed by atoms with E-state index in [9.17, 15) is 13.2 Å². The molecule has 1 aromatic rings. The number of urea groups is 1. The van der Waals surface area contributed by atoms with Crippen LogP contribution in [0.1, 0.15) is 32.1 Å². The van der Waals surface area contributed by atoms with E-state index in [4.69, 9.17) is 4.74 Å². The predicted octanol–water partition coefficient (Wildman–Crippen LogP) is 2.32. The summed E-state index contributed by atoms with van der Waals surface area (Å²) in [5, 5.41) is 5.41. The molecule has 1 aromatic carbocycles. The fraction of sp³-hybridized carbons (Fsp3) is 0.562. The Balaban J connectivity index is 1.48. The zero-order chi connectivity index (χ0) is 16.3. The van der Waals surface area contributed by atoms with Gasteiger partial charge >= 0.3 is 6.03 Å². The van der Waals surface area contributed by atoms with Crippen molar-refractivity contribution in [2.75, 3.05) is 16.8 Å². The molecule has 1 atom stereocenters. The van der Waals surface area contributed by atoms with Crippen LogP contribution in [0.5, 0.6) is 5.75 Å². The molecule has 2 fully saturated rings. The van der Waals surface area contributed by atoms with Gasteiger partial charge in [-0.05, 0) is 56.4 Å². The van der Waals surface area contributed by atoms with Crippen molar-refractivity contribution in [1.29, 1.82) is 0 Å². The van der Waals surface area contributed by atoms with Crippen LogP contribution in [0, 0.1) is 0 Å². The number of hydrogen-bond acceptors (Lipinski definition) is 4. The molecule has 1 saturated carbocycles. The molecule has 23 heavy (non-hydrogen) atoms. The lowest BCUT2D eigenvalue weighted by atomic mass is 10.2. The summed E-state index contributed by atoms with van der Waals surface area (Å²) >= 11 is 0. The van der Waals surface area contributed by atoms with Gasteiger partial charge in [0.05, 0.1) is 17.6 Å². The second-order valence-corrected chi connectivity index (χ2v) is 8.48. The van der Waals surface area contributed by atoms with Crippen LogP contribution in [-0.2, 0) is 9.84 Å². The van der Waals surface area contributed by atoms with Gasteiger partial charge < -0.3 is 15.4 Å². The summed E-state index contributed by atoms with van der Waals surface area (Å²) in [6.45, 7) is 0. The number of nitrogens with one attached hydrogen (secondary N) is 2. The molecule has 1 saturated heterocycles. The van der Waals surface area contributed by atoms with Crippen molar-refractivity contribution < 1.29 is 17.9 Å². The first-order valence-corrected chi connectivity index (χ1v) is 9.87. The first-order chi connectivity index (χ1) is 11.0. The van der Waals surface area contributed by atoms with Crippen molar-refractivity contribution in [3.63, 3.8) is 0 Å². The molecule has 3 rings (SSSR count). The van der Waals surface area contributed by atoms with Gasteiger partial charge in [-0.25, -0.2) is 13.2 Å². The maximum atomic E-state index is 11.9. The lowest BCUT2D eigenvalue weighted by molar-refractivity contribution is 0.210. The SMILES string of the molecule is O=C(Nc1ccc(OC2CCCC2)cc1)N[C@@H]1CCS(=O)(=O)C1. The van der Waals surface area contributed by atoms with E-state index in [1.807, 2.05) is 12.1 Å². The molecule has 0 aromatic heterocycles. The van der Waals surface area contributed by atoms with Gasteiger partial charge in [-0.1, -0.05) is 0 Å². The van der Waals surface area contributed by atoms with E-state index in [0.29, 0.717) is 18.2 Å². The number of anilines is 1. The molecule has 2 aliphatic rings. The summed E-state index contributed by atoms with van der Waals surface area (Å²) < 4.78 is 28.6. The zero-order valence-electron chi connectivity index (χ0n) is 13.0. The fourth-order valence-electron chi connectivity index (χ4n) is 3.08. The van der Waals surface area contributed by atoms with Gasteiger partial charge in [0, 0.05) is 11.7 Å². The molecular weight excluding hydrogens is 316 g/mol. The van der Waals surface area contributed by atoms with Gasteiger partial charge in [-0.2, -0.15) is 0 Å². The van der Waals surface area contributed by atoms with E-state index in [0.717, 1.165) is 18.6 Å². The van der Waals surface area contributed by atoms with Crippen LogP contribution in [0.4, 0.5) is 10.5 Å². The third kappa shape index (κ3) is 4.60. The molecule has 0 unspecified atom stereocenters. The van der Waals surface area contributed by atoms with Gasteiger partial charge in [0.15, 0.2) is 9.84 Å². The normalized spacial score (nSPS) is 23.6. The molecule has 2 N–H and O–H groups in total. The molecule has 126 valence electrons.